The van der Waals surface area contributed by atoms with E-state index in [4.69, 9.17) is 22.0 Å². The predicted octanol–water partition coefficient (Wildman–Crippen LogP) is -1.38. The third-order valence-corrected chi connectivity index (χ3v) is 4.33. The number of rotatable bonds is 8. The number of aromatic nitrogens is 4. The topological polar surface area (TPSA) is 149 Å². The Kier molecular flexibility index (Phi) is 6.37. The number of hydrogen-bond acceptors (Lipinski definition) is 7. The highest BCUT2D eigenvalue weighted by Gasteiger charge is 2.17. The van der Waals surface area contributed by atoms with E-state index in [9.17, 15) is 0 Å². The van der Waals surface area contributed by atoms with Crippen molar-refractivity contribution in [2.45, 2.75) is 20.1 Å². The van der Waals surface area contributed by atoms with E-state index in [0.29, 0.717) is 42.7 Å². The highest BCUT2D eigenvalue weighted by molar-refractivity contribution is 6.05. The molecule has 0 aliphatic heterocycles. The molecular formula is C19H27N9O+2. The molecule has 0 bridgehead atoms. The van der Waals surface area contributed by atoms with Gasteiger partial charge in [-0.1, -0.05) is 6.07 Å². The maximum Gasteiger partial charge on any atom is 0.315 e. The second-order valence-electron chi connectivity index (χ2n) is 6.36. The van der Waals surface area contributed by atoms with Gasteiger partial charge in [-0.25, -0.2) is 20.8 Å². The molecule has 0 saturated carbocycles. The molecule has 3 heterocycles. The Labute approximate surface area is 168 Å². The van der Waals surface area contributed by atoms with Crippen LogP contribution >= 0.6 is 0 Å². The van der Waals surface area contributed by atoms with E-state index in [2.05, 4.69) is 19.9 Å². The lowest BCUT2D eigenvalue weighted by atomic mass is 10.2. The van der Waals surface area contributed by atoms with E-state index in [-0.39, 0.29) is 0 Å². The lowest BCUT2D eigenvalue weighted by Crippen LogP contribution is -2.63. The number of aromatic amines is 1. The first-order valence-corrected chi connectivity index (χ1v) is 9.23. The van der Waals surface area contributed by atoms with Gasteiger partial charge in [0.1, 0.15) is 24.6 Å². The first-order chi connectivity index (χ1) is 14.1. The lowest BCUT2D eigenvalue weighted by molar-refractivity contribution is -0.412. The summed E-state index contributed by atoms with van der Waals surface area (Å²) in [7, 11) is 1.78. The minimum atomic E-state index is 0.359. The molecule has 0 radical (unpaired) electrons. The Bertz CT molecular complexity index is 1040. The Balaban J connectivity index is 1.87. The number of nitrogens with one attached hydrogen (secondary N) is 2. The van der Waals surface area contributed by atoms with Gasteiger partial charge in [0.15, 0.2) is 6.21 Å². The molecular weight excluding hydrogens is 370 g/mol. The van der Waals surface area contributed by atoms with Crippen molar-refractivity contribution in [1.82, 2.24) is 14.4 Å². The Morgan fingerprint density at radius 1 is 1.41 bits per heavy atom. The number of nitrogens with zero attached hydrogens (tertiary/aromatic N) is 4. The molecule has 0 unspecified atom stereocenters. The second-order valence-corrected chi connectivity index (χ2v) is 6.36. The van der Waals surface area contributed by atoms with Crippen molar-refractivity contribution in [2.75, 3.05) is 24.4 Å². The smallest absolute Gasteiger partial charge is 0.315 e. The number of imidazole rings is 1. The molecule has 152 valence electrons. The second kappa shape index (κ2) is 9.13. The van der Waals surface area contributed by atoms with Gasteiger partial charge < -0.3 is 14.9 Å². The minimum Gasteiger partial charge on any atom is -0.404 e. The van der Waals surface area contributed by atoms with Gasteiger partial charge in [0.05, 0.1) is 30.6 Å². The van der Waals surface area contributed by atoms with Crippen LogP contribution in [0.15, 0.2) is 36.9 Å². The van der Waals surface area contributed by atoms with E-state index in [0.717, 1.165) is 16.9 Å². The molecule has 0 amide bonds. The third-order valence-electron chi connectivity index (χ3n) is 4.33. The van der Waals surface area contributed by atoms with E-state index in [1.165, 1.54) is 11.2 Å². The van der Waals surface area contributed by atoms with Gasteiger partial charge in [-0.05, 0) is 18.6 Å². The number of pyridine rings is 1. The van der Waals surface area contributed by atoms with Gasteiger partial charge in [-0.3, -0.25) is 15.7 Å². The van der Waals surface area contributed by atoms with Crippen molar-refractivity contribution >= 4 is 29.1 Å². The van der Waals surface area contributed by atoms with Crippen LogP contribution < -0.4 is 32.3 Å². The van der Waals surface area contributed by atoms with Crippen LogP contribution in [0.1, 0.15) is 23.9 Å². The van der Waals surface area contributed by atoms with Crippen LogP contribution in [0.5, 0.6) is 0 Å². The monoisotopic (exact) mass is 397 g/mol. The molecule has 10 nitrogen and oxygen atoms in total. The number of nitrogen functional groups attached to an aromatic ring is 1. The van der Waals surface area contributed by atoms with Crippen molar-refractivity contribution in [2.24, 2.45) is 11.6 Å². The fourth-order valence-corrected chi connectivity index (χ4v) is 2.90. The molecule has 0 aromatic carbocycles. The number of fused-ring (bicyclic) bond motifs is 1. The van der Waals surface area contributed by atoms with Crippen LogP contribution in [0.2, 0.25) is 0 Å². The molecule has 0 aliphatic carbocycles. The fourth-order valence-electron chi connectivity index (χ4n) is 2.90. The Morgan fingerprint density at radius 3 is 2.97 bits per heavy atom. The summed E-state index contributed by atoms with van der Waals surface area (Å²) in [4.78, 5) is 14.9. The maximum atomic E-state index is 6.29. The zero-order valence-electron chi connectivity index (χ0n) is 16.6. The molecule has 0 aliphatic rings. The molecule has 0 fully saturated rings. The zero-order chi connectivity index (χ0) is 20.8. The number of ether oxygens (including phenoxy) is 1. The molecule has 3 rings (SSSR count). The molecule has 29 heavy (non-hydrogen) atoms. The lowest BCUT2D eigenvalue weighted by Gasteiger charge is -2.17. The zero-order valence-corrected chi connectivity index (χ0v) is 16.6. The third kappa shape index (κ3) is 4.50. The number of anilines is 2. The molecule has 0 atom stereocenters. The van der Waals surface area contributed by atoms with Gasteiger partial charge in [-0.15, -0.1) is 0 Å². The van der Waals surface area contributed by atoms with Crippen LogP contribution in [-0.4, -0.2) is 34.2 Å². The molecule has 0 saturated heterocycles. The van der Waals surface area contributed by atoms with E-state index >= 15 is 0 Å². The average Bonchev–Trinajstić information content (AvgIpc) is 3.13. The molecule has 3 aromatic heterocycles. The summed E-state index contributed by atoms with van der Waals surface area (Å²) in [6.07, 6.45) is 8.67. The summed E-state index contributed by atoms with van der Waals surface area (Å²) in [5.41, 5.74) is 15.9. The standard InChI is InChI=1S/C19H25N9O/c1-3-29-12-15-8-24-17-5-4-13(10-27(15)17)11-28(22)19-18(21)25-9-16(26-19)14(6-20)7-23-2/h4-10H,3,11-12,20,22H2,1-2H3,(H2,21,25)/p+2. The van der Waals surface area contributed by atoms with Crippen molar-refractivity contribution in [3.8, 4) is 0 Å². The minimum absolute atomic E-state index is 0.359. The first kappa shape index (κ1) is 20.2. The number of hydrazine groups is 1. The maximum absolute atomic E-state index is 6.29. The number of nitrogens with two attached hydrogens (primary N) is 3. The number of hydrogen-bond donors (Lipinski definition) is 4. The normalized spacial score (nSPS) is 12.2. The van der Waals surface area contributed by atoms with E-state index in [1.54, 1.807) is 19.5 Å². The quantitative estimate of drug-likeness (QED) is 0.208. The molecule has 0 spiro atoms. The van der Waals surface area contributed by atoms with Gasteiger partial charge >= 0.3 is 5.82 Å². The van der Waals surface area contributed by atoms with Gasteiger partial charge in [0, 0.05) is 19.0 Å². The largest absolute Gasteiger partial charge is 0.404 e. The highest BCUT2D eigenvalue weighted by atomic mass is 16.5. The van der Waals surface area contributed by atoms with Gasteiger partial charge in [0.25, 0.3) is 0 Å². The fraction of sp³-hybridized carbons (Fsp3) is 0.263. The van der Waals surface area contributed by atoms with Crippen molar-refractivity contribution < 1.29 is 14.7 Å². The van der Waals surface area contributed by atoms with Crippen molar-refractivity contribution in [1.29, 1.82) is 0 Å². The van der Waals surface area contributed by atoms with E-state index < -0.39 is 0 Å². The van der Waals surface area contributed by atoms with Gasteiger partial charge in [-0.2, -0.15) is 0 Å². The van der Waals surface area contributed by atoms with Crippen molar-refractivity contribution in [3.63, 3.8) is 0 Å². The van der Waals surface area contributed by atoms with Crippen molar-refractivity contribution in [3.05, 3.63) is 53.9 Å². The van der Waals surface area contributed by atoms with Crippen LogP contribution in [0, 0.1) is 0 Å². The average molecular weight is 397 g/mol. The number of H-pyrrole nitrogens is 1. The predicted molar refractivity (Wildman–Crippen MR) is 111 cm³/mol. The summed E-state index contributed by atoms with van der Waals surface area (Å²) >= 11 is 0. The summed E-state index contributed by atoms with van der Waals surface area (Å²) in [6, 6.07) is 3.91. The van der Waals surface area contributed by atoms with Crippen LogP contribution in [-0.2, 0) is 17.9 Å². The SMILES string of the molecule is CCOCc1cnc2ccc(CN(N)c3nc(C(C=[NH+]C)=CN)c[nH+]c3N)cn12. The van der Waals surface area contributed by atoms with E-state index in [1.807, 2.05) is 35.9 Å². The summed E-state index contributed by atoms with van der Waals surface area (Å²) in [6.45, 7) is 3.50. The number of allylic oxidation sites excluding steroid dienone is 1. The van der Waals surface area contributed by atoms with Gasteiger partial charge in [0.2, 0.25) is 5.82 Å². The Hall–Kier alpha value is -3.50. The Morgan fingerprint density at radius 2 is 2.24 bits per heavy atom. The summed E-state index contributed by atoms with van der Waals surface area (Å²) in [5, 5.41) is 1.49. The van der Waals surface area contributed by atoms with Crippen LogP contribution in [0.4, 0.5) is 11.6 Å². The molecule has 3 aromatic rings. The summed E-state index contributed by atoms with van der Waals surface area (Å²) in [5.74, 6) is 7.08. The summed E-state index contributed by atoms with van der Waals surface area (Å²) < 4.78 is 7.50. The molecule has 8 N–H and O–H groups in total. The van der Waals surface area contributed by atoms with Crippen LogP contribution in [0.25, 0.3) is 11.2 Å². The molecule has 10 heteroatoms. The van der Waals surface area contributed by atoms with Crippen LogP contribution in [0.3, 0.4) is 0 Å². The highest BCUT2D eigenvalue weighted by Crippen LogP contribution is 2.19. The first-order valence-electron chi connectivity index (χ1n) is 9.23.